The third-order valence-electron chi connectivity index (χ3n) is 2.98. The summed E-state index contributed by atoms with van der Waals surface area (Å²) in [5.41, 5.74) is 4.19. The van der Waals surface area contributed by atoms with Gasteiger partial charge in [0.2, 0.25) is 0 Å². The molecule has 8 nitrogen and oxygen atoms in total. The van der Waals surface area contributed by atoms with Crippen LogP contribution in [0.25, 0.3) is 0 Å². The lowest BCUT2D eigenvalue weighted by molar-refractivity contribution is 0.474. The Morgan fingerprint density at radius 1 is 0.958 bits per heavy atom. The van der Waals surface area contributed by atoms with Crippen LogP contribution in [0.4, 0.5) is 5.95 Å². The number of nitrogens with one attached hydrogen (secondary N) is 1. The lowest BCUT2D eigenvalue weighted by Gasteiger charge is -1.99. The zero-order valence-electron chi connectivity index (χ0n) is 12.5. The molecule has 1 heterocycles. The topological polar surface area (TPSA) is 108 Å². The molecule has 0 aliphatic heterocycles. The van der Waals surface area contributed by atoms with E-state index >= 15 is 0 Å². The van der Waals surface area contributed by atoms with Crippen LogP contribution in [0.1, 0.15) is 11.1 Å². The number of rotatable bonds is 5. The Bertz CT molecular complexity index is 888. The number of nitrogens with zero attached hydrogens (tertiary/aromatic N) is 5. The van der Waals surface area contributed by atoms with Gasteiger partial charge < -0.3 is 10.2 Å². The van der Waals surface area contributed by atoms with E-state index < -0.39 is 0 Å². The first-order valence-electron chi connectivity index (χ1n) is 7.02. The molecule has 0 bridgehead atoms. The number of hydrogen-bond acceptors (Lipinski definition) is 7. The van der Waals surface area contributed by atoms with Gasteiger partial charge in [-0.2, -0.15) is 14.9 Å². The summed E-state index contributed by atoms with van der Waals surface area (Å²) in [5, 5.41) is 34.7. The van der Waals surface area contributed by atoms with Crippen molar-refractivity contribution in [1.29, 1.82) is 0 Å². The third-order valence-corrected chi connectivity index (χ3v) is 2.98. The van der Waals surface area contributed by atoms with Gasteiger partial charge in [0.05, 0.1) is 12.4 Å². The highest BCUT2D eigenvalue weighted by molar-refractivity contribution is 5.81. The Kier molecular flexibility index (Phi) is 4.47. The fourth-order valence-corrected chi connectivity index (χ4v) is 1.89. The second-order valence-electron chi connectivity index (χ2n) is 4.80. The van der Waals surface area contributed by atoms with E-state index in [9.17, 15) is 10.2 Å². The van der Waals surface area contributed by atoms with E-state index in [1.807, 2.05) is 0 Å². The standard InChI is InChI=1S/C16H14N6O2/c23-14-5-1-3-12(7-14)9-17-20-16-21-18-11-22(16)19-10-13-4-2-6-15(24)8-13/h1-11,23-24H,(H,20,21)/b17-9-,19-10+. The zero-order chi connectivity index (χ0) is 16.8. The van der Waals surface area contributed by atoms with Gasteiger partial charge in [0, 0.05) is 0 Å². The van der Waals surface area contributed by atoms with Crippen LogP contribution in [0.15, 0.2) is 65.1 Å². The van der Waals surface area contributed by atoms with Crippen LogP contribution < -0.4 is 5.43 Å². The Morgan fingerprint density at radius 2 is 1.62 bits per heavy atom. The molecule has 3 rings (SSSR count). The van der Waals surface area contributed by atoms with Gasteiger partial charge >= 0.3 is 0 Å². The third kappa shape index (κ3) is 3.95. The summed E-state index contributed by atoms with van der Waals surface area (Å²) in [4.78, 5) is 0. The number of phenols is 2. The molecular formula is C16H14N6O2. The van der Waals surface area contributed by atoms with E-state index in [0.717, 1.165) is 11.1 Å². The molecule has 0 fully saturated rings. The number of hydrogen-bond donors (Lipinski definition) is 3. The number of anilines is 1. The molecule has 0 saturated carbocycles. The predicted octanol–water partition coefficient (Wildman–Crippen LogP) is 2.02. The molecule has 3 N–H and O–H groups in total. The molecule has 0 atom stereocenters. The average molecular weight is 322 g/mol. The largest absolute Gasteiger partial charge is 0.508 e. The molecule has 0 amide bonds. The van der Waals surface area contributed by atoms with E-state index in [2.05, 4.69) is 25.8 Å². The molecule has 24 heavy (non-hydrogen) atoms. The number of aromatic nitrogens is 3. The monoisotopic (exact) mass is 322 g/mol. The molecule has 0 aliphatic rings. The minimum absolute atomic E-state index is 0.164. The quantitative estimate of drug-likeness (QED) is 0.492. The van der Waals surface area contributed by atoms with E-state index in [0.29, 0.717) is 5.95 Å². The summed E-state index contributed by atoms with van der Waals surface area (Å²) in [6.07, 6.45) is 4.52. The molecule has 0 spiro atoms. The molecule has 3 aromatic rings. The Labute approximate surface area is 137 Å². The Balaban J connectivity index is 1.69. The average Bonchev–Trinajstić information content (AvgIpc) is 3.01. The first-order valence-corrected chi connectivity index (χ1v) is 7.02. The van der Waals surface area contributed by atoms with Gasteiger partial charge in [0.15, 0.2) is 0 Å². The van der Waals surface area contributed by atoms with Crippen LogP contribution in [0.2, 0.25) is 0 Å². The van der Waals surface area contributed by atoms with Crippen LogP contribution >= 0.6 is 0 Å². The van der Waals surface area contributed by atoms with Crippen molar-refractivity contribution in [3.63, 3.8) is 0 Å². The van der Waals surface area contributed by atoms with Crippen molar-refractivity contribution in [3.8, 4) is 11.5 Å². The molecular weight excluding hydrogens is 308 g/mol. The summed E-state index contributed by atoms with van der Waals surface area (Å²) < 4.78 is 1.41. The van der Waals surface area contributed by atoms with Crippen LogP contribution in [0.5, 0.6) is 11.5 Å². The molecule has 0 aliphatic carbocycles. The number of hydrazone groups is 1. The van der Waals surface area contributed by atoms with Gasteiger partial charge in [-0.05, 0) is 35.4 Å². The number of phenolic OH excluding ortho intramolecular Hbond substituents is 2. The summed E-state index contributed by atoms with van der Waals surface area (Å²) >= 11 is 0. The van der Waals surface area contributed by atoms with E-state index in [4.69, 9.17) is 0 Å². The van der Waals surface area contributed by atoms with Crippen LogP contribution in [-0.2, 0) is 0 Å². The highest BCUT2D eigenvalue weighted by Crippen LogP contribution is 2.10. The highest BCUT2D eigenvalue weighted by atomic mass is 16.3. The van der Waals surface area contributed by atoms with Crippen molar-refractivity contribution in [1.82, 2.24) is 14.9 Å². The minimum atomic E-state index is 0.164. The summed E-state index contributed by atoms with van der Waals surface area (Å²) in [7, 11) is 0. The molecule has 1 aromatic heterocycles. The van der Waals surface area contributed by atoms with Crippen molar-refractivity contribution in [3.05, 3.63) is 66.0 Å². The first-order chi connectivity index (χ1) is 11.7. The van der Waals surface area contributed by atoms with Crippen LogP contribution in [0.3, 0.4) is 0 Å². The zero-order valence-corrected chi connectivity index (χ0v) is 12.5. The van der Waals surface area contributed by atoms with Crippen molar-refractivity contribution >= 4 is 18.4 Å². The normalized spacial score (nSPS) is 11.3. The minimum Gasteiger partial charge on any atom is -0.508 e. The summed E-state index contributed by atoms with van der Waals surface area (Å²) in [5.74, 6) is 0.650. The van der Waals surface area contributed by atoms with Gasteiger partial charge in [-0.15, -0.1) is 10.2 Å². The fraction of sp³-hybridized carbons (Fsp3) is 0. The van der Waals surface area contributed by atoms with E-state index in [1.54, 1.807) is 54.7 Å². The maximum atomic E-state index is 9.43. The maximum absolute atomic E-state index is 9.43. The van der Waals surface area contributed by atoms with Crippen LogP contribution in [-0.4, -0.2) is 37.5 Å². The summed E-state index contributed by atoms with van der Waals surface area (Å²) in [6, 6.07) is 13.4. The van der Waals surface area contributed by atoms with Gasteiger partial charge in [-0.1, -0.05) is 24.3 Å². The predicted molar refractivity (Wildman–Crippen MR) is 90.4 cm³/mol. The van der Waals surface area contributed by atoms with Crippen molar-refractivity contribution < 1.29 is 10.2 Å². The lowest BCUT2D eigenvalue weighted by Crippen LogP contribution is -1.99. The fourth-order valence-electron chi connectivity index (χ4n) is 1.89. The molecule has 8 heteroatoms. The molecule has 2 aromatic carbocycles. The van der Waals surface area contributed by atoms with Crippen molar-refractivity contribution in [2.24, 2.45) is 10.2 Å². The van der Waals surface area contributed by atoms with E-state index in [1.165, 1.54) is 17.2 Å². The van der Waals surface area contributed by atoms with Crippen molar-refractivity contribution in [2.45, 2.75) is 0 Å². The SMILES string of the molecule is Oc1cccc(/C=N\Nc2nncn2/N=C/c2cccc(O)c2)c1. The molecule has 0 radical (unpaired) electrons. The molecule has 0 unspecified atom stereocenters. The van der Waals surface area contributed by atoms with Gasteiger partial charge in [-0.25, -0.2) is 5.43 Å². The Hall–Kier alpha value is -3.68. The van der Waals surface area contributed by atoms with Gasteiger partial charge in [0.1, 0.15) is 17.8 Å². The van der Waals surface area contributed by atoms with Gasteiger partial charge in [-0.3, -0.25) is 0 Å². The second kappa shape index (κ2) is 7.05. The second-order valence-corrected chi connectivity index (χ2v) is 4.80. The maximum Gasteiger partial charge on any atom is 0.265 e. The first kappa shape index (κ1) is 15.2. The number of benzene rings is 2. The van der Waals surface area contributed by atoms with Crippen LogP contribution in [0, 0.1) is 0 Å². The Morgan fingerprint density at radius 3 is 2.29 bits per heavy atom. The van der Waals surface area contributed by atoms with Crippen molar-refractivity contribution in [2.75, 3.05) is 5.43 Å². The molecule has 0 saturated heterocycles. The molecule has 120 valence electrons. The van der Waals surface area contributed by atoms with E-state index in [-0.39, 0.29) is 11.5 Å². The van der Waals surface area contributed by atoms with Gasteiger partial charge in [0.25, 0.3) is 5.95 Å². The number of aromatic hydroxyl groups is 2. The highest BCUT2D eigenvalue weighted by Gasteiger charge is 2.00. The lowest BCUT2D eigenvalue weighted by atomic mass is 10.2. The smallest absolute Gasteiger partial charge is 0.265 e. The summed E-state index contributed by atoms with van der Waals surface area (Å²) in [6.45, 7) is 0.